The zero-order valence-corrected chi connectivity index (χ0v) is 12.2. The third-order valence-electron chi connectivity index (χ3n) is 2.75. The average Bonchev–Trinajstić information content (AvgIpc) is 2.42. The molecule has 1 aromatic carbocycles. The third kappa shape index (κ3) is 6.87. The molecule has 1 amide bonds. The second-order valence-electron chi connectivity index (χ2n) is 5.18. The van der Waals surface area contributed by atoms with Crippen LogP contribution < -0.4 is 10.7 Å². The summed E-state index contributed by atoms with van der Waals surface area (Å²) in [6.07, 6.45) is 1.93. The summed E-state index contributed by atoms with van der Waals surface area (Å²) in [6.45, 7) is 6.31. The Hall–Kier alpha value is -1.91. The van der Waals surface area contributed by atoms with E-state index >= 15 is 0 Å². The van der Waals surface area contributed by atoms with E-state index in [4.69, 9.17) is 0 Å². The fourth-order valence-electron chi connectivity index (χ4n) is 1.50. The average molecular weight is 279 g/mol. The molecule has 0 unspecified atom stereocenters. The van der Waals surface area contributed by atoms with Gasteiger partial charge in [0.1, 0.15) is 5.82 Å². The first kappa shape index (κ1) is 16.1. The molecular weight excluding hydrogens is 257 g/mol. The van der Waals surface area contributed by atoms with Crippen molar-refractivity contribution in [2.24, 2.45) is 11.0 Å². The Kier molecular flexibility index (Phi) is 6.70. The molecule has 2 N–H and O–H groups in total. The number of amides is 1. The highest BCUT2D eigenvalue weighted by Gasteiger charge is 2.01. The van der Waals surface area contributed by atoms with Crippen molar-refractivity contribution in [3.8, 4) is 0 Å². The summed E-state index contributed by atoms with van der Waals surface area (Å²) in [6, 6.07) is 5.85. The zero-order chi connectivity index (χ0) is 15.0. The molecule has 0 aliphatic carbocycles. The van der Waals surface area contributed by atoms with E-state index in [1.54, 1.807) is 12.1 Å². The molecule has 1 rings (SSSR count). The van der Waals surface area contributed by atoms with Gasteiger partial charge < -0.3 is 5.32 Å². The highest BCUT2D eigenvalue weighted by molar-refractivity contribution is 5.85. The normalized spacial score (nSPS) is 11.6. The standard InChI is InChI=1S/C15H22FN3O/c1-11(2)4-5-12(3)18-19-15(20)10-17-14-8-6-13(16)7-9-14/h6-9,11,17H,4-5,10H2,1-3H3,(H,19,20)/b18-12-. The Morgan fingerprint density at radius 2 is 1.95 bits per heavy atom. The second kappa shape index (κ2) is 8.30. The number of hydrogen-bond acceptors (Lipinski definition) is 3. The van der Waals surface area contributed by atoms with Crippen LogP contribution in [0.25, 0.3) is 0 Å². The predicted molar refractivity (Wildman–Crippen MR) is 80.2 cm³/mol. The molecule has 5 heteroatoms. The van der Waals surface area contributed by atoms with Crippen molar-refractivity contribution in [3.63, 3.8) is 0 Å². The van der Waals surface area contributed by atoms with E-state index in [0.717, 1.165) is 18.6 Å². The highest BCUT2D eigenvalue weighted by Crippen LogP contribution is 2.07. The van der Waals surface area contributed by atoms with Crippen molar-refractivity contribution >= 4 is 17.3 Å². The van der Waals surface area contributed by atoms with Gasteiger partial charge in [0.2, 0.25) is 0 Å². The molecule has 0 heterocycles. The SMILES string of the molecule is C/C(CCC(C)C)=N/NC(=O)CNc1ccc(F)cc1. The molecule has 0 aliphatic heterocycles. The molecule has 0 radical (unpaired) electrons. The van der Waals surface area contributed by atoms with Crippen molar-refractivity contribution in [1.29, 1.82) is 0 Å². The van der Waals surface area contributed by atoms with Crippen LogP contribution in [0.2, 0.25) is 0 Å². The molecule has 0 spiro atoms. The first-order valence-electron chi connectivity index (χ1n) is 6.79. The summed E-state index contributed by atoms with van der Waals surface area (Å²) in [5.41, 5.74) is 4.11. The monoisotopic (exact) mass is 279 g/mol. The fraction of sp³-hybridized carbons (Fsp3) is 0.467. The Bertz CT molecular complexity index is 455. The lowest BCUT2D eigenvalue weighted by Crippen LogP contribution is -2.26. The number of hydrogen-bond donors (Lipinski definition) is 2. The Morgan fingerprint density at radius 3 is 2.55 bits per heavy atom. The maximum atomic E-state index is 12.7. The van der Waals surface area contributed by atoms with Gasteiger partial charge in [-0.25, -0.2) is 9.82 Å². The van der Waals surface area contributed by atoms with Crippen LogP contribution in [-0.4, -0.2) is 18.2 Å². The van der Waals surface area contributed by atoms with Crippen molar-refractivity contribution < 1.29 is 9.18 Å². The smallest absolute Gasteiger partial charge is 0.259 e. The molecule has 1 aromatic rings. The number of hydrazone groups is 1. The minimum absolute atomic E-state index is 0.104. The number of anilines is 1. The van der Waals surface area contributed by atoms with Gasteiger partial charge in [0.25, 0.3) is 5.91 Å². The lowest BCUT2D eigenvalue weighted by atomic mass is 10.1. The number of nitrogens with one attached hydrogen (secondary N) is 2. The number of halogens is 1. The topological polar surface area (TPSA) is 53.5 Å². The Balaban J connectivity index is 2.29. The van der Waals surface area contributed by atoms with Gasteiger partial charge in [-0.2, -0.15) is 5.10 Å². The first-order chi connectivity index (χ1) is 9.47. The fourth-order valence-corrected chi connectivity index (χ4v) is 1.50. The van der Waals surface area contributed by atoms with E-state index in [1.807, 2.05) is 6.92 Å². The molecule has 0 aromatic heterocycles. The van der Waals surface area contributed by atoms with Gasteiger partial charge in [-0.05, 0) is 49.9 Å². The number of nitrogens with zero attached hydrogens (tertiary/aromatic N) is 1. The van der Waals surface area contributed by atoms with Crippen molar-refractivity contribution in [2.45, 2.75) is 33.6 Å². The van der Waals surface area contributed by atoms with Crippen LogP contribution in [0.4, 0.5) is 10.1 Å². The second-order valence-corrected chi connectivity index (χ2v) is 5.18. The molecule has 110 valence electrons. The summed E-state index contributed by atoms with van der Waals surface area (Å²) in [5, 5.41) is 6.94. The van der Waals surface area contributed by atoms with E-state index in [0.29, 0.717) is 11.6 Å². The maximum absolute atomic E-state index is 12.7. The Morgan fingerprint density at radius 1 is 1.30 bits per heavy atom. The van der Waals surface area contributed by atoms with E-state index in [1.165, 1.54) is 12.1 Å². The minimum Gasteiger partial charge on any atom is -0.376 e. The van der Waals surface area contributed by atoms with Crippen LogP contribution in [0.5, 0.6) is 0 Å². The highest BCUT2D eigenvalue weighted by atomic mass is 19.1. The zero-order valence-electron chi connectivity index (χ0n) is 12.2. The van der Waals surface area contributed by atoms with Crippen LogP contribution >= 0.6 is 0 Å². The van der Waals surface area contributed by atoms with Crippen LogP contribution in [0.15, 0.2) is 29.4 Å². The number of rotatable bonds is 7. The van der Waals surface area contributed by atoms with Gasteiger partial charge in [0, 0.05) is 11.4 Å². The van der Waals surface area contributed by atoms with Crippen LogP contribution in [0.1, 0.15) is 33.6 Å². The van der Waals surface area contributed by atoms with E-state index < -0.39 is 0 Å². The van der Waals surface area contributed by atoms with Gasteiger partial charge in [-0.1, -0.05) is 13.8 Å². The number of carbonyl (C=O) groups is 1. The van der Waals surface area contributed by atoms with Crippen LogP contribution in [0.3, 0.4) is 0 Å². The first-order valence-corrected chi connectivity index (χ1v) is 6.79. The summed E-state index contributed by atoms with van der Waals surface area (Å²) in [7, 11) is 0. The summed E-state index contributed by atoms with van der Waals surface area (Å²) < 4.78 is 12.7. The van der Waals surface area contributed by atoms with Gasteiger partial charge in [-0.15, -0.1) is 0 Å². The molecule has 0 saturated carbocycles. The predicted octanol–water partition coefficient (Wildman–Crippen LogP) is 3.17. The number of benzene rings is 1. The molecule has 0 fully saturated rings. The third-order valence-corrected chi connectivity index (χ3v) is 2.75. The molecule has 0 aliphatic rings. The van der Waals surface area contributed by atoms with Gasteiger partial charge >= 0.3 is 0 Å². The van der Waals surface area contributed by atoms with Gasteiger partial charge in [0.15, 0.2) is 0 Å². The van der Waals surface area contributed by atoms with E-state index in [-0.39, 0.29) is 18.3 Å². The molecule has 0 atom stereocenters. The minimum atomic E-state index is -0.301. The van der Waals surface area contributed by atoms with Crippen LogP contribution in [0, 0.1) is 11.7 Å². The van der Waals surface area contributed by atoms with Crippen molar-refractivity contribution in [1.82, 2.24) is 5.43 Å². The molecule has 0 bridgehead atoms. The maximum Gasteiger partial charge on any atom is 0.259 e. The van der Waals surface area contributed by atoms with Crippen LogP contribution in [-0.2, 0) is 4.79 Å². The quantitative estimate of drug-likeness (QED) is 0.595. The number of carbonyl (C=O) groups excluding carboxylic acids is 1. The van der Waals surface area contributed by atoms with Crippen molar-refractivity contribution in [3.05, 3.63) is 30.1 Å². The van der Waals surface area contributed by atoms with Gasteiger partial charge in [0.05, 0.1) is 6.54 Å². The molecular formula is C15H22FN3O. The largest absolute Gasteiger partial charge is 0.376 e. The van der Waals surface area contributed by atoms with E-state index in [2.05, 4.69) is 29.7 Å². The molecule has 4 nitrogen and oxygen atoms in total. The molecule has 0 saturated heterocycles. The van der Waals surface area contributed by atoms with Gasteiger partial charge in [-0.3, -0.25) is 4.79 Å². The van der Waals surface area contributed by atoms with Crippen molar-refractivity contribution in [2.75, 3.05) is 11.9 Å². The summed E-state index contributed by atoms with van der Waals surface area (Å²) in [5.74, 6) is 0.0968. The summed E-state index contributed by atoms with van der Waals surface area (Å²) in [4.78, 5) is 11.6. The lowest BCUT2D eigenvalue weighted by molar-refractivity contribution is -0.119. The lowest BCUT2D eigenvalue weighted by Gasteiger charge is -2.06. The Labute approximate surface area is 119 Å². The molecule has 20 heavy (non-hydrogen) atoms. The summed E-state index contributed by atoms with van der Waals surface area (Å²) >= 11 is 0. The van der Waals surface area contributed by atoms with E-state index in [9.17, 15) is 9.18 Å².